The van der Waals surface area contributed by atoms with E-state index in [4.69, 9.17) is 9.05 Å². The Morgan fingerprint density at radius 1 is 1.40 bits per heavy atom. The highest BCUT2D eigenvalue weighted by Crippen LogP contribution is 2.37. The van der Waals surface area contributed by atoms with Crippen molar-refractivity contribution in [1.29, 1.82) is 0 Å². The number of rotatable bonds is 5. The van der Waals surface area contributed by atoms with Crippen molar-refractivity contribution in [1.82, 2.24) is 14.7 Å². The van der Waals surface area contributed by atoms with Crippen LogP contribution in [0.1, 0.15) is 37.4 Å². The average Bonchev–Trinajstić information content (AvgIpc) is 3.12. The van der Waals surface area contributed by atoms with E-state index in [0.29, 0.717) is 20.6 Å². The summed E-state index contributed by atoms with van der Waals surface area (Å²) in [4.78, 5) is 4.10. The third kappa shape index (κ3) is 3.21. The molecule has 0 bridgehead atoms. The van der Waals surface area contributed by atoms with Gasteiger partial charge in [-0.15, -0.1) is 0 Å². The van der Waals surface area contributed by atoms with Gasteiger partial charge >= 0.3 is 0 Å². The molecule has 1 aliphatic carbocycles. The Labute approximate surface area is 120 Å². The zero-order valence-electron chi connectivity index (χ0n) is 11.7. The molecule has 0 radical (unpaired) electrons. The smallest absolute Gasteiger partial charge is 0.256 e. The minimum absolute atomic E-state index is 0.409. The van der Waals surface area contributed by atoms with E-state index < -0.39 is 0 Å². The molecule has 0 spiro atoms. The fourth-order valence-electron chi connectivity index (χ4n) is 2.94. The Hall–Kier alpha value is -1.35. The second kappa shape index (κ2) is 6.40. The van der Waals surface area contributed by atoms with Gasteiger partial charge in [-0.25, -0.2) is 4.98 Å². The fourth-order valence-corrected chi connectivity index (χ4v) is 3.24. The minimum Gasteiger partial charge on any atom is -0.458 e. The highest BCUT2D eigenvalue weighted by Gasteiger charge is 2.25. The summed E-state index contributed by atoms with van der Waals surface area (Å²) in [6.45, 7) is 3.06. The fraction of sp³-hybridized carbons (Fsp3) is 0.571. The van der Waals surface area contributed by atoms with Gasteiger partial charge < -0.3 is 13.6 Å². The maximum atomic E-state index is 5.41. The van der Waals surface area contributed by atoms with Gasteiger partial charge in [-0.1, -0.05) is 0 Å². The van der Waals surface area contributed by atoms with Crippen molar-refractivity contribution < 1.29 is 9.05 Å². The standard InChI is InChI=1S/C14H20N3O2P/c1-20-19-14-8-13(18-16-14)12-4-2-11(3-5-12)9-17-7-6-15-10-17/h6-8,10-12,20H,2-5,9H2,1H3. The summed E-state index contributed by atoms with van der Waals surface area (Å²) in [7, 11) is 0.409. The van der Waals surface area contributed by atoms with Crippen LogP contribution < -0.4 is 4.52 Å². The van der Waals surface area contributed by atoms with Gasteiger partial charge in [-0.3, -0.25) is 0 Å². The quantitative estimate of drug-likeness (QED) is 0.792. The SMILES string of the molecule is CPOc1cc(C2CCC(Cn3ccnc3)CC2)on1. The van der Waals surface area contributed by atoms with E-state index in [2.05, 4.69) is 14.7 Å². The van der Waals surface area contributed by atoms with Crippen LogP contribution >= 0.6 is 8.81 Å². The van der Waals surface area contributed by atoms with E-state index >= 15 is 0 Å². The second-order valence-electron chi connectivity index (χ2n) is 5.35. The maximum Gasteiger partial charge on any atom is 0.256 e. The molecule has 2 heterocycles. The van der Waals surface area contributed by atoms with E-state index in [9.17, 15) is 0 Å². The Kier molecular flexibility index (Phi) is 4.36. The lowest BCUT2D eigenvalue weighted by Gasteiger charge is -2.27. The van der Waals surface area contributed by atoms with Gasteiger partial charge in [0.2, 0.25) is 0 Å². The molecule has 108 valence electrons. The third-order valence-electron chi connectivity index (χ3n) is 3.99. The molecule has 5 nitrogen and oxygen atoms in total. The highest BCUT2D eigenvalue weighted by molar-refractivity contribution is 7.31. The van der Waals surface area contributed by atoms with Gasteiger partial charge in [0, 0.05) is 30.9 Å². The average molecular weight is 293 g/mol. The van der Waals surface area contributed by atoms with Crippen molar-refractivity contribution in [3.63, 3.8) is 0 Å². The van der Waals surface area contributed by atoms with Crippen molar-refractivity contribution in [2.75, 3.05) is 6.66 Å². The number of imidazole rings is 1. The van der Waals surface area contributed by atoms with E-state index in [0.717, 1.165) is 18.2 Å². The number of hydrogen-bond donors (Lipinski definition) is 0. The van der Waals surface area contributed by atoms with Crippen LogP contribution in [-0.4, -0.2) is 21.4 Å². The Morgan fingerprint density at radius 2 is 2.25 bits per heavy atom. The molecule has 3 rings (SSSR count). The van der Waals surface area contributed by atoms with Gasteiger partial charge in [-0.05, 0) is 43.4 Å². The van der Waals surface area contributed by atoms with Crippen LogP contribution in [0.2, 0.25) is 0 Å². The summed E-state index contributed by atoms with van der Waals surface area (Å²) in [6.07, 6.45) is 10.6. The topological polar surface area (TPSA) is 53.1 Å². The first-order chi connectivity index (χ1) is 9.85. The van der Waals surface area contributed by atoms with Gasteiger partial charge in [0.25, 0.3) is 5.88 Å². The van der Waals surface area contributed by atoms with Crippen molar-refractivity contribution in [3.05, 3.63) is 30.5 Å². The first-order valence-electron chi connectivity index (χ1n) is 7.11. The molecular weight excluding hydrogens is 273 g/mol. The van der Waals surface area contributed by atoms with Crippen LogP contribution in [0.4, 0.5) is 0 Å². The zero-order chi connectivity index (χ0) is 13.8. The summed E-state index contributed by atoms with van der Waals surface area (Å²) in [5, 5.41) is 3.96. The van der Waals surface area contributed by atoms with E-state index in [-0.39, 0.29) is 0 Å². The molecule has 1 fully saturated rings. The molecule has 1 unspecified atom stereocenters. The molecule has 0 amide bonds. The summed E-state index contributed by atoms with van der Waals surface area (Å²) in [6, 6.07) is 1.96. The molecule has 2 aromatic heterocycles. The predicted molar refractivity (Wildman–Crippen MR) is 78.3 cm³/mol. The molecule has 2 aromatic rings. The summed E-state index contributed by atoms with van der Waals surface area (Å²) < 4.78 is 13.0. The number of nitrogens with zero attached hydrogens (tertiary/aromatic N) is 3. The van der Waals surface area contributed by atoms with Crippen LogP contribution in [0.3, 0.4) is 0 Å². The minimum atomic E-state index is 0.409. The van der Waals surface area contributed by atoms with Crippen molar-refractivity contribution >= 4 is 8.81 Å². The molecule has 1 saturated carbocycles. The largest absolute Gasteiger partial charge is 0.458 e. The van der Waals surface area contributed by atoms with Gasteiger partial charge in [0.05, 0.1) is 15.1 Å². The van der Waals surface area contributed by atoms with Crippen molar-refractivity contribution in [2.24, 2.45) is 5.92 Å². The van der Waals surface area contributed by atoms with Crippen molar-refractivity contribution in [2.45, 2.75) is 38.1 Å². The summed E-state index contributed by atoms with van der Waals surface area (Å²) in [5.41, 5.74) is 0. The molecule has 0 aromatic carbocycles. The van der Waals surface area contributed by atoms with Crippen LogP contribution in [0, 0.1) is 5.92 Å². The number of hydrogen-bond acceptors (Lipinski definition) is 4. The van der Waals surface area contributed by atoms with Crippen LogP contribution in [-0.2, 0) is 6.54 Å². The third-order valence-corrected chi connectivity index (χ3v) is 4.40. The van der Waals surface area contributed by atoms with E-state index in [1.165, 1.54) is 25.7 Å². The Bertz CT molecular complexity index is 518. The lowest BCUT2D eigenvalue weighted by molar-refractivity contribution is 0.257. The van der Waals surface area contributed by atoms with Crippen LogP contribution in [0.25, 0.3) is 0 Å². The highest BCUT2D eigenvalue weighted by atomic mass is 31.1. The zero-order valence-corrected chi connectivity index (χ0v) is 12.7. The molecule has 1 atom stereocenters. The normalized spacial score (nSPS) is 23.4. The monoisotopic (exact) mass is 293 g/mol. The van der Waals surface area contributed by atoms with Crippen LogP contribution in [0.5, 0.6) is 5.88 Å². The van der Waals surface area contributed by atoms with Crippen LogP contribution in [0.15, 0.2) is 29.3 Å². The molecule has 20 heavy (non-hydrogen) atoms. The van der Waals surface area contributed by atoms with Gasteiger partial charge in [-0.2, -0.15) is 0 Å². The maximum absolute atomic E-state index is 5.41. The molecule has 0 aliphatic heterocycles. The van der Waals surface area contributed by atoms with E-state index in [1.807, 2.05) is 31.5 Å². The molecule has 1 aliphatic rings. The Balaban J connectivity index is 1.52. The van der Waals surface area contributed by atoms with E-state index in [1.54, 1.807) is 0 Å². The summed E-state index contributed by atoms with van der Waals surface area (Å²) >= 11 is 0. The molecule has 6 heteroatoms. The predicted octanol–water partition coefficient (Wildman–Crippen LogP) is 3.45. The second-order valence-corrected chi connectivity index (χ2v) is 5.96. The summed E-state index contributed by atoms with van der Waals surface area (Å²) in [5.74, 6) is 2.86. The lowest BCUT2D eigenvalue weighted by atomic mass is 9.81. The van der Waals surface area contributed by atoms with Gasteiger partial charge in [0.1, 0.15) is 5.76 Å². The molecule has 0 saturated heterocycles. The number of aromatic nitrogens is 3. The first kappa shape index (κ1) is 13.6. The molecule has 0 N–H and O–H groups in total. The first-order valence-corrected chi connectivity index (χ1v) is 8.52. The molecular formula is C14H20N3O2P. The lowest BCUT2D eigenvalue weighted by Crippen LogP contribution is -2.17. The Morgan fingerprint density at radius 3 is 2.95 bits per heavy atom. The van der Waals surface area contributed by atoms with Gasteiger partial charge in [0.15, 0.2) is 0 Å². The van der Waals surface area contributed by atoms with Crippen molar-refractivity contribution in [3.8, 4) is 5.88 Å².